The molecule has 3 aliphatic rings. The number of aryl methyl sites for hydroxylation is 1. The van der Waals surface area contributed by atoms with E-state index < -0.39 is 6.36 Å². The predicted octanol–water partition coefficient (Wildman–Crippen LogP) is 3.16. The maximum absolute atomic E-state index is 13.0. The standard InChI is InChI=1S/C27H31F3N4O3/c1-32-12-14-33(15-13-32)20-7-5-19(6-8-20)26(36)34-16-22-23(17-34)25(22)31-24(35)11-4-18-2-9-21(10-3-18)37-27(28,29)30/h2-3,5-10,22-23,25H,4,11-17H2,1H3,(H,31,35)/t22-,23+,25?. The second kappa shape index (κ2) is 10.2. The lowest BCUT2D eigenvalue weighted by molar-refractivity contribution is -0.274. The molecule has 198 valence electrons. The molecule has 7 nitrogen and oxygen atoms in total. The van der Waals surface area contributed by atoms with Crippen molar-refractivity contribution >= 4 is 17.5 Å². The van der Waals surface area contributed by atoms with Crippen LogP contribution in [0, 0.1) is 11.8 Å². The van der Waals surface area contributed by atoms with E-state index in [1.54, 1.807) is 0 Å². The first-order valence-electron chi connectivity index (χ1n) is 12.6. The van der Waals surface area contributed by atoms with Crippen LogP contribution >= 0.6 is 0 Å². The number of alkyl halides is 3. The maximum Gasteiger partial charge on any atom is 0.573 e. The lowest BCUT2D eigenvalue weighted by Gasteiger charge is -2.34. The second-order valence-corrected chi connectivity index (χ2v) is 10.2. The molecule has 5 rings (SSSR count). The topological polar surface area (TPSA) is 65.1 Å². The van der Waals surface area contributed by atoms with Crippen molar-refractivity contribution < 1.29 is 27.5 Å². The van der Waals surface area contributed by atoms with Crippen molar-refractivity contribution in [2.45, 2.75) is 25.2 Å². The van der Waals surface area contributed by atoms with Gasteiger partial charge in [0.15, 0.2) is 0 Å². The van der Waals surface area contributed by atoms with Crippen LogP contribution in [0.25, 0.3) is 0 Å². The molecule has 2 aromatic carbocycles. The Hall–Kier alpha value is -3.27. The van der Waals surface area contributed by atoms with Crippen LogP contribution in [0.3, 0.4) is 0 Å². The molecule has 1 saturated carbocycles. The molecule has 3 fully saturated rings. The number of ether oxygens (including phenoxy) is 1. The summed E-state index contributed by atoms with van der Waals surface area (Å²) in [6, 6.07) is 13.5. The minimum Gasteiger partial charge on any atom is -0.406 e. The van der Waals surface area contributed by atoms with E-state index in [0.717, 1.165) is 37.4 Å². The molecule has 2 saturated heterocycles. The molecule has 1 aliphatic carbocycles. The van der Waals surface area contributed by atoms with Crippen LogP contribution < -0.4 is 15.0 Å². The Kier molecular flexibility index (Phi) is 7.02. The van der Waals surface area contributed by atoms with Gasteiger partial charge in [-0.1, -0.05) is 12.1 Å². The molecule has 2 heterocycles. The minimum absolute atomic E-state index is 0.0279. The molecule has 0 bridgehead atoms. The number of fused-ring (bicyclic) bond motifs is 1. The van der Waals surface area contributed by atoms with Gasteiger partial charge in [0.05, 0.1) is 0 Å². The summed E-state index contributed by atoms with van der Waals surface area (Å²) in [5, 5.41) is 3.06. The fraction of sp³-hybridized carbons (Fsp3) is 0.481. The molecule has 37 heavy (non-hydrogen) atoms. The highest BCUT2D eigenvalue weighted by atomic mass is 19.4. The molecule has 2 aliphatic heterocycles. The molecule has 10 heteroatoms. The van der Waals surface area contributed by atoms with Crippen molar-refractivity contribution in [1.82, 2.24) is 15.1 Å². The largest absolute Gasteiger partial charge is 0.573 e. The van der Waals surface area contributed by atoms with Gasteiger partial charge in [-0.05, 0) is 55.4 Å². The van der Waals surface area contributed by atoms with Crippen LogP contribution in [0.4, 0.5) is 18.9 Å². The van der Waals surface area contributed by atoms with Crippen molar-refractivity contribution in [2.75, 3.05) is 51.2 Å². The van der Waals surface area contributed by atoms with Gasteiger partial charge < -0.3 is 24.8 Å². The maximum atomic E-state index is 13.0. The Morgan fingerprint density at radius 2 is 1.57 bits per heavy atom. The first-order chi connectivity index (χ1) is 17.7. The van der Waals surface area contributed by atoms with E-state index in [2.05, 4.69) is 26.9 Å². The Morgan fingerprint density at radius 3 is 2.16 bits per heavy atom. The molecule has 3 atom stereocenters. The van der Waals surface area contributed by atoms with Crippen LogP contribution in [0.15, 0.2) is 48.5 Å². The normalized spacial score (nSPS) is 23.5. The summed E-state index contributed by atoms with van der Waals surface area (Å²) in [5.41, 5.74) is 2.59. The van der Waals surface area contributed by atoms with E-state index in [9.17, 15) is 22.8 Å². The van der Waals surface area contributed by atoms with E-state index in [-0.39, 0.29) is 41.9 Å². The third-order valence-corrected chi connectivity index (χ3v) is 7.59. The number of rotatable bonds is 7. The summed E-state index contributed by atoms with van der Waals surface area (Å²) in [4.78, 5) is 31.9. The van der Waals surface area contributed by atoms with Crippen molar-refractivity contribution in [3.63, 3.8) is 0 Å². The smallest absolute Gasteiger partial charge is 0.406 e. The number of amides is 2. The lowest BCUT2D eigenvalue weighted by Crippen LogP contribution is -2.44. The van der Waals surface area contributed by atoms with E-state index in [1.807, 2.05) is 29.2 Å². The lowest BCUT2D eigenvalue weighted by atomic mass is 10.1. The minimum atomic E-state index is -4.72. The van der Waals surface area contributed by atoms with Gasteiger partial charge in [-0.25, -0.2) is 0 Å². The summed E-state index contributed by atoms with van der Waals surface area (Å²) >= 11 is 0. The van der Waals surface area contributed by atoms with Crippen LogP contribution in [0.1, 0.15) is 22.3 Å². The van der Waals surface area contributed by atoms with Crippen LogP contribution in [0.5, 0.6) is 5.75 Å². The first-order valence-corrected chi connectivity index (χ1v) is 12.6. The van der Waals surface area contributed by atoms with Crippen molar-refractivity contribution in [1.29, 1.82) is 0 Å². The molecule has 1 N–H and O–H groups in total. The van der Waals surface area contributed by atoms with Crippen molar-refractivity contribution in [2.24, 2.45) is 11.8 Å². The van der Waals surface area contributed by atoms with Crippen molar-refractivity contribution in [3.8, 4) is 5.75 Å². The van der Waals surface area contributed by atoms with E-state index in [4.69, 9.17) is 0 Å². The number of carbonyl (C=O) groups is 2. The number of likely N-dealkylation sites (N-methyl/N-ethyl adjacent to an activating group) is 1. The second-order valence-electron chi connectivity index (χ2n) is 10.2. The first kappa shape index (κ1) is 25.4. The highest BCUT2D eigenvalue weighted by molar-refractivity contribution is 5.95. The quantitative estimate of drug-likeness (QED) is 0.613. The van der Waals surface area contributed by atoms with Gasteiger partial charge in [0, 0.05) is 74.8 Å². The summed E-state index contributed by atoms with van der Waals surface area (Å²) in [6.07, 6.45) is -4.05. The molecule has 1 unspecified atom stereocenters. The number of benzene rings is 2. The summed E-state index contributed by atoms with van der Waals surface area (Å²) in [5.74, 6) is 0.205. The Labute approximate surface area is 214 Å². The predicted molar refractivity (Wildman–Crippen MR) is 132 cm³/mol. The molecule has 0 spiro atoms. The molecule has 0 aromatic heterocycles. The van der Waals surface area contributed by atoms with Crippen LogP contribution in [0.2, 0.25) is 0 Å². The van der Waals surface area contributed by atoms with Gasteiger partial charge in [-0.3, -0.25) is 9.59 Å². The van der Waals surface area contributed by atoms with Gasteiger partial charge in [0.1, 0.15) is 5.75 Å². The molecule has 2 aromatic rings. The molecule has 0 radical (unpaired) electrons. The zero-order chi connectivity index (χ0) is 26.2. The summed E-state index contributed by atoms with van der Waals surface area (Å²) in [7, 11) is 2.12. The number of carbonyl (C=O) groups excluding carboxylic acids is 2. The van der Waals surface area contributed by atoms with E-state index in [1.165, 1.54) is 24.3 Å². The van der Waals surface area contributed by atoms with Gasteiger partial charge in [-0.2, -0.15) is 0 Å². The highest BCUT2D eigenvalue weighted by Crippen LogP contribution is 2.46. The van der Waals surface area contributed by atoms with Gasteiger partial charge in [-0.15, -0.1) is 13.2 Å². The molecular weight excluding hydrogens is 485 g/mol. The van der Waals surface area contributed by atoms with Crippen LogP contribution in [-0.2, 0) is 11.2 Å². The average molecular weight is 517 g/mol. The Bertz CT molecular complexity index is 1100. The number of halogens is 3. The van der Waals surface area contributed by atoms with Gasteiger partial charge in [0.2, 0.25) is 5.91 Å². The Morgan fingerprint density at radius 1 is 0.946 bits per heavy atom. The van der Waals surface area contributed by atoms with Gasteiger partial charge >= 0.3 is 6.36 Å². The Balaban J connectivity index is 1.04. The number of hydrogen-bond acceptors (Lipinski definition) is 5. The van der Waals surface area contributed by atoms with E-state index >= 15 is 0 Å². The number of anilines is 1. The molecule has 2 amide bonds. The zero-order valence-corrected chi connectivity index (χ0v) is 20.7. The number of hydrogen-bond donors (Lipinski definition) is 1. The average Bonchev–Trinajstić information content (AvgIpc) is 3.29. The highest BCUT2D eigenvalue weighted by Gasteiger charge is 2.57. The van der Waals surface area contributed by atoms with Crippen molar-refractivity contribution in [3.05, 3.63) is 59.7 Å². The number of nitrogens with zero attached hydrogens (tertiary/aromatic N) is 3. The number of nitrogens with one attached hydrogen (secondary N) is 1. The monoisotopic (exact) mass is 516 g/mol. The van der Waals surface area contributed by atoms with Crippen LogP contribution in [-0.4, -0.2) is 80.3 Å². The fourth-order valence-corrected chi connectivity index (χ4v) is 5.34. The number of piperidine rings is 1. The number of likely N-dealkylation sites (tertiary alicyclic amines) is 1. The SMILES string of the molecule is CN1CCN(c2ccc(C(=O)N3C[C@@H]4C(NC(=O)CCc5ccc(OC(F)(F)F)cc5)[C@@H]4C3)cc2)CC1. The zero-order valence-electron chi connectivity index (χ0n) is 20.7. The summed E-state index contributed by atoms with van der Waals surface area (Å²) in [6.45, 7) is 5.29. The van der Waals surface area contributed by atoms with Gasteiger partial charge in [0.25, 0.3) is 5.91 Å². The molecular formula is C27H31F3N4O3. The third-order valence-electron chi connectivity index (χ3n) is 7.59. The summed E-state index contributed by atoms with van der Waals surface area (Å²) < 4.78 is 40.7. The fourth-order valence-electron chi connectivity index (χ4n) is 5.34. The third kappa shape index (κ3) is 6.18. The van der Waals surface area contributed by atoms with E-state index in [0.29, 0.717) is 25.1 Å². The number of piperazine rings is 1.